The average Bonchev–Trinajstić information content (AvgIpc) is 2.89. The molecule has 0 radical (unpaired) electrons. The van der Waals surface area contributed by atoms with Gasteiger partial charge in [-0.05, 0) is 18.8 Å². The summed E-state index contributed by atoms with van der Waals surface area (Å²) in [6, 6.07) is 0. The van der Waals surface area contributed by atoms with Crippen LogP contribution >= 0.6 is 0 Å². The lowest BCUT2D eigenvalue weighted by atomic mass is 9.71. The maximum atomic E-state index is 9.85. The van der Waals surface area contributed by atoms with Gasteiger partial charge in [-0.2, -0.15) is 0 Å². The third kappa shape index (κ3) is 2.67. The molecule has 1 aromatic heterocycles. The Morgan fingerprint density at radius 1 is 1.37 bits per heavy atom. The second-order valence-corrected chi connectivity index (χ2v) is 6.49. The Morgan fingerprint density at radius 3 is 2.89 bits per heavy atom. The van der Waals surface area contributed by atoms with Crippen molar-refractivity contribution in [3.8, 4) is 0 Å². The van der Waals surface area contributed by atoms with Crippen LogP contribution in [0.4, 0.5) is 0 Å². The second kappa shape index (κ2) is 5.21. The second-order valence-electron chi connectivity index (χ2n) is 6.49. The van der Waals surface area contributed by atoms with Crippen molar-refractivity contribution in [2.24, 2.45) is 11.3 Å². The van der Waals surface area contributed by atoms with Gasteiger partial charge in [0.1, 0.15) is 12.2 Å². The summed E-state index contributed by atoms with van der Waals surface area (Å²) < 4.78 is 2.13. The van der Waals surface area contributed by atoms with Gasteiger partial charge in [0.25, 0.3) is 0 Å². The Hall–Kier alpha value is -0.940. The molecule has 0 aromatic carbocycles. The molecule has 0 saturated heterocycles. The number of aliphatic hydroxyl groups is 1. The summed E-state index contributed by atoms with van der Waals surface area (Å²) in [5.41, 5.74) is 0.120. The van der Waals surface area contributed by atoms with Crippen LogP contribution in [0.15, 0.2) is 6.33 Å². The summed E-state index contributed by atoms with van der Waals surface area (Å²) in [5.74, 6) is 1.88. The Balaban J connectivity index is 1.64. The summed E-state index contributed by atoms with van der Waals surface area (Å²) in [6.07, 6.45) is 6.65. The Morgan fingerprint density at radius 2 is 2.16 bits per heavy atom. The first-order valence-electron chi connectivity index (χ1n) is 7.41. The Kier molecular flexibility index (Phi) is 3.58. The number of rotatable bonds is 3. The summed E-state index contributed by atoms with van der Waals surface area (Å²) in [5, 5.41) is 18.0. The summed E-state index contributed by atoms with van der Waals surface area (Å²) in [7, 11) is 0. The van der Waals surface area contributed by atoms with Gasteiger partial charge in [-0.3, -0.25) is 4.90 Å². The van der Waals surface area contributed by atoms with Crippen LogP contribution in [-0.4, -0.2) is 44.5 Å². The largest absolute Gasteiger partial charge is 0.396 e. The van der Waals surface area contributed by atoms with Crippen LogP contribution in [0.5, 0.6) is 0 Å². The number of nitrogens with zero attached hydrogens (tertiary/aromatic N) is 4. The van der Waals surface area contributed by atoms with Gasteiger partial charge in [0.2, 0.25) is 0 Å². The standard InChI is InChI=1S/C14H24N4O/c1-12-2-4-14(10-19,5-3-12)9-17-6-7-18-11-15-16-13(18)8-17/h11-12,19H,2-10H2,1H3. The van der Waals surface area contributed by atoms with Gasteiger partial charge in [-0.15, -0.1) is 10.2 Å². The topological polar surface area (TPSA) is 54.2 Å². The van der Waals surface area contributed by atoms with Crippen molar-refractivity contribution >= 4 is 0 Å². The van der Waals surface area contributed by atoms with Crippen LogP contribution in [0.2, 0.25) is 0 Å². The zero-order valence-corrected chi connectivity index (χ0v) is 11.8. The molecular formula is C14H24N4O. The van der Waals surface area contributed by atoms with Gasteiger partial charge in [0.05, 0.1) is 6.54 Å². The van der Waals surface area contributed by atoms with Crippen LogP contribution in [0.1, 0.15) is 38.4 Å². The minimum atomic E-state index is 0.120. The van der Waals surface area contributed by atoms with Crippen LogP contribution in [-0.2, 0) is 13.1 Å². The number of aromatic nitrogens is 3. The third-order valence-corrected chi connectivity index (χ3v) is 4.95. The van der Waals surface area contributed by atoms with Crippen LogP contribution in [0, 0.1) is 11.3 Å². The van der Waals surface area contributed by atoms with E-state index in [2.05, 4.69) is 26.6 Å². The highest BCUT2D eigenvalue weighted by molar-refractivity contribution is 4.93. The van der Waals surface area contributed by atoms with Crippen molar-refractivity contribution in [3.05, 3.63) is 12.2 Å². The SMILES string of the molecule is CC1CCC(CO)(CN2CCn3cnnc3C2)CC1. The van der Waals surface area contributed by atoms with E-state index >= 15 is 0 Å². The fourth-order valence-electron chi connectivity index (χ4n) is 3.47. The van der Waals surface area contributed by atoms with Gasteiger partial charge in [-0.25, -0.2) is 0 Å². The molecule has 5 heteroatoms. The van der Waals surface area contributed by atoms with Crippen molar-refractivity contribution < 1.29 is 5.11 Å². The van der Waals surface area contributed by atoms with Crippen molar-refractivity contribution in [2.45, 2.75) is 45.7 Å². The predicted octanol–water partition coefficient (Wildman–Crippen LogP) is 1.28. The van der Waals surface area contributed by atoms with E-state index < -0.39 is 0 Å². The maximum Gasteiger partial charge on any atom is 0.147 e. The lowest BCUT2D eigenvalue weighted by Gasteiger charge is -2.42. The van der Waals surface area contributed by atoms with Gasteiger partial charge < -0.3 is 9.67 Å². The van der Waals surface area contributed by atoms with E-state index in [-0.39, 0.29) is 5.41 Å². The summed E-state index contributed by atoms with van der Waals surface area (Å²) in [6.45, 7) is 6.54. The average molecular weight is 264 g/mol. The molecule has 0 atom stereocenters. The highest BCUT2D eigenvalue weighted by Gasteiger charge is 2.36. The number of hydrogen-bond donors (Lipinski definition) is 1. The zero-order valence-electron chi connectivity index (χ0n) is 11.8. The van der Waals surface area contributed by atoms with Crippen LogP contribution in [0.25, 0.3) is 0 Å². The quantitative estimate of drug-likeness (QED) is 0.893. The van der Waals surface area contributed by atoms with Crippen molar-refractivity contribution in [1.82, 2.24) is 19.7 Å². The van der Waals surface area contributed by atoms with Gasteiger partial charge in [0, 0.05) is 31.7 Å². The molecule has 0 spiro atoms. The maximum absolute atomic E-state index is 9.85. The fraction of sp³-hybridized carbons (Fsp3) is 0.857. The monoisotopic (exact) mass is 264 g/mol. The van der Waals surface area contributed by atoms with E-state index in [0.717, 1.165) is 50.8 Å². The number of fused-ring (bicyclic) bond motifs is 1. The van der Waals surface area contributed by atoms with E-state index in [9.17, 15) is 5.11 Å². The molecule has 0 unspecified atom stereocenters. The minimum Gasteiger partial charge on any atom is -0.396 e. The molecule has 0 amide bonds. The normalized spacial score (nSPS) is 32.2. The third-order valence-electron chi connectivity index (χ3n) is 4.95. The minimum absolute atomic E-state index is 0.120. The highest BCUT2D eigenvalue weighted by Crippen LogP contribution is 2.39. The molecule has 5 nitrogen and oxygen atoms in total. The van der Waals surface area contributed by atoms with Gasteiger partial charge in [0.15, 0.2) is 0 Å². The van der Waals surface area contributed by atoms with E-state index in [1.165, 1.54) is 12.8 Å². The lowest BCUT2D eigenvalue weighted by Crippen LogP contribution is -2.45. The predicted molar refractivity (Wildman–Crippen MR) is 72.4 cm³/mol. The lowest BCUT2D eigenvalue weighted by molar-refractivity contribution is 0.0209. The molecular weight excluding hydrogens is 240 g/mol. The van der Waals surface area contributed by atoms with Crippen molar-refractivity contribution in [1.29, 1.82) is 0 Å². The Labute approximate surface area is 114 Å². The number of hydrogen-bond acceptors (Lipinski definition) is 4. The molecule has 3 rings (SSSR count). The molecule has 19 heavy (non-hydrogen) atoms. The first kappa shape index (κ1) is 13.1. The van der Waals surface area contributed by atoms with E-state index in [0.29, 0.717) is 6.61 Å². The Bertz CT molecular complexity index is 423. The smallest absolute Gasteiger partial charge is 0.147 e. The van der Waals surface area contributed by atoms with Gasteiger partial charge in [-0.1, -0.05) is 19.8 Å². The molecule has 1 aromatic rings. The summed E-state index contributed by atoms with van der Waals surface area (Å²) in [4.78, 5) is 2.44. The molecule has 2 heterocycles. The van der Waals surface area contributed by atoms with E-state index in [4.69, 9.17) is 0 Å². The summed E-state index contributed by atoms with van der Waals surface area (Å²) >= 11 is 0. The molecule has 2 aliphatic rings. The highest BCUT2D eigenvalue weighted by atomic mass is 16.3. The van der Waals surface area contributed by atoms with E-state index in [1.807, 2.05) is 6.33 Å². The molecule has 1 aliphatic heterocycles. The molecule has 1 N–H and O–H groups in total. The molecule has 1 aliphatic carbocycles. The van der Waals surface area contributed by atoms with Crippen molar-refractivity contribution in [3.63, 3.8) is 0 Å². The van der Waals surface area contributed by atoms with E-state index in [1.54, 1.807) is 0 Å². The molecule has 1 fully saturated rings. The van der Waals surface area contributed by atoms with Crippen LogP contribution in [0.3, 0.4) is 0 Å². The molecule has 1 saturated carbocycles. The first-order chi connectivity index (χ1) is 9.21. The first-order valence-corrected chi connectivity index (χ1v) is 7.41. The van der Waals surface area contributed by atoms with Crippen LogP contribution < -0.4 is 0 Å². The zero-order chi connectivity index (χ0) is 13.3. The molecule has 106 valence electrons. The number of aliphatic hydroxyl groups excluding tert-OH is 1. The molecule has 0 bridgehead atoms. The fourth-order valence-corrected chi connectivity index (χ4v) is 3.47. The van der Waals surface area contributed by atoms with Crippen molar-refractivity contribution in [2.75, 3.05) is 19.7 Å². The van der Waals surface area contributed by atoms with Gasteiger partial charge >= 0.3 is 0 Å².